The van der Waals surface area contributed by atoms with Crippen molar-refractivity contribution in [2.45, 2.75) is 25.1 Å². The maximum absolute atomic E-state index is 12.4. The number of nitrogens with one attached hydrogen (secondary N) is 1. The zero-order chi connectivity index (χ0) is 12.2. The van der Waals surface area contributed by atoms with E-state index >= 15 is 0 Å². The van der Waals surface area contributed by atoms with Crippen molar-refractivity contribution in [2.24, 2.45) is 5.92 Å². The van der Waals surface area contributed by atoms with Gasteiger partial charge in [-0.2, -0.15) is 13.2 Å². The Kier molecular flexibility index (Phi) is 5.01. The Morgan fingerprint density at radius 2 is 2.06 bits per heavy atom. The Balaban J connectivity index is 2.22. The molecule has 0 bridgehead atoms. The number of likely N-dealkylation sites (N-methyl/N-ethyl adjacent to an activating group) is 1. The monoisotopic (exact) mass is 240 g/mol. The van der Waals surface area contributed by atoms with Crippen LogP contribution in [0.4, 0.5) is 13.2 Å². The largest absolute Gasteiger partial charge is 0.395 e. The number of halogens is 3. The molecule has 0 radical (unpaired) electrons. The summed E-state index contributed by atoms with van der Waals surface area (Å²) in [6, 6.07) is -0.0484. The normalized spacial score (nSPS) is 26.6. The van der Waals surface area contributed by atoms with E-state index in [2.05, 4.69) is 5.32 Å². The van der Waals surface area contributed by atoms with Gasteiger partial charge in [0.15, 0.2) is 0 Å². The molecule has 1 heterocycles. The van der Waals surface area contributed by atoms with Crippen LogP contribution in [-0.2, 0) is 0 Å². The van der Waals surface area contributed by atoms with Gasteiger partial charge in [-0.15, -0.1) is 0 Å². The lowest BCUT2D eigenvalue weighted by atomic mass is 10.0. The topological polar surface area (TPSA) is 35.5 Å². The van der Waals surface area contributed by atoms with Gasteiger partial charge in [0, 0.05) is 19.1 Å². The zero-order valence-corrected chi connectivity index (χ0v) is 9.43. The summed E-state index contributed by atoms with van der Waals surface area (Å²) in [7, 11) is 1.85. The average Bonchev–Trinajstić information content (AvgIpc) is 2.63. The molecule has 0 aliphatic carbocycles. The minimum Gasteiger partial charge on any atom is -0.395 e. The minimum atomic E-state index is -4.07. The van der Waals surface area contributed by atoms with Gasteiger partial charge in [-0.1, -0.05) is 0 Å². The Morgan fingerprint density at radius 3 is 2.56 bits per heavy atom. The molecular formula is C10H19F3N2O. The number of alkyl halides is 3. The summed E-state index contributed by atoms with van der Waals surface area (Å²) in [5.41, 5.74) is 0. The van der Waals surface area contributed by atoms with E-state index < -0.39 is 12.1 Å². The Morgan fingerprint density at radius 1 is 1.38 bits per heavy atom. The van der Waals surface area contributed by atoms with Crippen molar-refractivity contribution in [3.8, 4) is 0 Å². The van der Waals surface area contributed by atoms with Gasteiger partial charge in [0.25, 0.3) is 0 Å². The van der Waals surface area contributed by atoms with Crippen molar-refractivity contribution in [3.05, 3.63) is 0 Å². The van der Waals surface area contributed by atoms with Gasteiger partial charge in [-0.3, -0.25) is 0 Å². The molecule has 1 rings (SSSR count). The third-order valence-electron chi connectivity index (χ3n) is 3.03. The molecule has 0 spiro atoms. The van der Waals surface area contributed by atoms with E-state index in [-0.39, 0.29) is 25.6 Å². The summed E-state index contributed by atoms with van der Waals surface area (Å²) < 4.78 is 37.1. The van der Waals surface area contributed by atoms with Crippen molar-refractivity contribution in [1.82, 2.24) is 10.2 Å². The fourth-order valence-electron chi connectivity index (χ4n) is 1.95. The van der Waals surface area contributed by atoms with E-state index in [4.69, 9.17) is 5.11 Å². The highest BCUT2D eigenvalue weighted by molar-refractivity contribution is 4.85. The highest BCUT2D eigenvalue weighted by atomic mass is 19.4. The van der Waals surface area contributed by atoms with Gasteiger partial charge in [-0.25, -0.2) is 0 Å². The summed E-state index contributed by atoms with van der Waals surface area (Å²) in [6.07, 6.45) is -3.20. The quantitative estimate of drug-likeness (QED) is 0.747. The maximum atomic E-state index is 12.4. The molecule has 1 saturated heterocycles. The standard InChI is InChI=1S/C10H19F3N2O/c1-15(4-5-16)3-2-9-6-8(7-14-9)10(11,12)13/h8-9,14,16H,2-7H2,1H3. The molecule has 0 saturated carbocycles. The van der Waals surface area contributed by atoms with Gasteiger partial charge >= 0.3 is 6.18 Å². The molecule has 1 fully saturated rings. The first-order valence-corrected chi connectivity index (χ1v) is 5.53. The number of aliphatic hydroxyl groups is 1. The predicted octanol–water partition coefficient (Wildman–Crippen LogP) is 0.841. The smallest absolute Gasteiger partial charge is 0.393 e. The number of nitrogens with zero attached hydrogens (tertiary/aromatic N) is 1. The Labute approximate surface area is 93.6 Å². The van der Waals surface area contributed by atoms with Crippen molar-refractivity contribution in [1.29, 1.82) is 0 Å². The van der Waals surface area contributed by atoms with Gasteiger partial charge in [0.05, 0.1) is 12.5 Å². The van der Waals surface area contributed by atoms with Crippen molar-refractivity contribution in [3.63, 3.8) is 0 Å². The lowest BCUT2D eigenvalue weighted by Gasteiger charge is -2.18. The first-order valence-electron chi connectivity index (χ1n) is 5.53. The molecule has 0 aromatic rings. The van der Waals surface area contributed by atoms with Crippen LogP contribution < -0.4 is 5.32 Å². The van der Waals surface area contributed by atoms with Crippen molar-refractivity contribution in [2.75, 3.05) is 33.3 Å². The summed E-state index contributed by atoms with van der Waals surface area (Å²) in [6.45, 7) is 1.40. The molecule has 0 amide bonds. The average molecular weight is 240 g/mol. The Hall–Kier alpha value is -0.330. The molecular weight excluding hydrogens is 221 g/mol. The summed E-state index contributed by atoms with van der Waals surface area (Å²) in [5.74, 6) is -1.19. The highest BCUT2D eigenvalue weighted by Gasteiger charge is 2.43. The maximum Gasteiger partial charge on any atom is 0.393 e. The molecule has 16 heavy (non-hydrogen) atoms. The number of hydrogen-bond acceptors (Lipinski definition) is 3. The second-order valence-corrected chi connectivity index (χ2v) is 4.39. The van der Waals surface area contributed by atoms with E-state index in [1.807, 2.05) is 11.9 Å². The molecule has 3 nitrogen and oxygen atoms in total. The summed E-state index contributed by atoms with van der Waals surface area (Å²) in [4.78, 5) is 1.92. The van der Waals surface area contributed by atoms with E-state index in [1.165, 1.54) is 0 Å². The van der Waals surface area contributed by atoms with Crippen LogP contribution in [0.25, 0.3) is 0 Å². The minimum absolute atomic E-state index is 0.0396. The van der Waals surface area contributed by atoms with E-state index in [1.54, 1.807) is 0 Å². The molecule has 96 valence electrons. The van der Waals surface area contributed by atoms with Crippen LogP contribution in [0.2, 0.25) is 0 Å². The molecule has 1 aliphatic heterocycles. The fourth-order valence-corrected chi connectivity index (χ4v) is 1.95. The lowest BCUT2D eigenvalue weighted by Crippen LogP contribution is -2.29. The number of hydrogen-bond donors (Lipinski definition) is 2. The fraction of sp³-hybridized carbons (Fsp3) is 1.00. The third kappa shape index (κ3) is 4.27. The first kappa shape index (κ1) is 13.7. The van der Waals surface area contributed by atoms with E-state index in [0.717, 1.165) is 0 Å². The number of aliphatic hydroxyl groups excluding tert-OH is 1. The molecule has 1 aliphatic rings. The number of rotatable bonds is 5. The summed E-state index contributed by atoms with van der Waals surface area (Å²) >= 11 is 0. The van der Waals surface area contributed by atoms with Gasteiger partial charge in [0.1, 0.15) is 0 Å². The SMILES string of the molecule is CN(CCO)CCC1CC(C(F)(F)F)CN1. The molecule has 2 unspecified atom stereocenters. The van der Waals surface area contributed by atoms with Crippen LogP contribution in [-0.4, -0.2) is 55.5 Å². The molecule has 0 aromatic heterocycles. The zero-order valence-electron chi connectivity index (χ0n) is 9.43. The van der Waals surface area contributed by atoms with Crippen molar-refractivity contribution >= 4 is 0 Å². The molecule has 6 heteroatoms. The van der Waals surface area contributed by atoms with Gasteiger partial charge in [-0.05, 0) is 26.4 Å². The van der Waals surface area contributed by atoms with Crippen LogP contribution in [0.3, 0.4) is 0 Å². The molecule has 0 aromatic carbocycles. The second-order valence-electron chi connectivity index (χ2n) is 4.39. The second kappa shape index (κ2) is 5.84. The highest BCUT2D eigenvalue weighted by Crippen LogP contribution is 2.33. The van der Waals surface area contributed by atoms with E-state index in [9.17, 15) is 13.2 Å². The van der Waals surface area contributed by atoms with Crippen LogP contribution >= 0.6 is 0 Å². The van der Waals surface area contributed by atoms with Gasteiger partial charge < -0.3 is 15.3 Å². The third-order valence-corrected chi connectivity index (χ3v) is 3.03. The van der Waals surface area contributed by atoms with E-state index in [0.29, 0.717) is 19.5 Å². The Bertz CT molecular complexity index is 211. The van der Waals surface area contributed by atoms with Crippen LogP contribution in [0.1, 0.15) is 12.8 Å². The van der Waals surface area contributed by atoms with Crippen molar-refractivity contribution < 1.29 is 18.3 Å². The summed E-state index contributed by atoms with van der Waals surface area (Å²) in [5, 5.41) is 11.6. The van der Waals surface area contributed by atoms with Gasteiger partial charge in [0.2, 0.25) is 0 Å². The molecule has 2 N–H and O–H groups in total. The predicted molar refractivity (Wildman–Crippen MR) is 55.2 cm³/mol. The van der Waals surface area contributed by atoms with Crippen LogP contribution in [0.5, 0.6) is 0 Å². The lowest BCUT2D eigenvalue weighted by molar-refractivity contribution is -0.169. The first-order chi connectivity index (χ1) is 7.43. The molecule has 2 atom stereocenters. The van der Waals surface area contributed by atoms with Crippen LogP contribution in [0, 0.1) is 5.92 Å². The van der Waals surface area contributed by atoms with Crippen LogP contribution in [0.15, 0.2) is 0 Å².